The summed E-state index contributed by atoms with van der Waals surface area (Å²) in [7, 11) is 0. The van der Waals surface area contributed by atoms with Crippen molar-refractivity contribution in [3.8, 4) is 0 Å². The van der Waals surface area contributed by atoms with Crippen molar-refractivity contribution in [2.24, 2.45) is 0 Å². The van der Waals surface area contributed by atoms with Crippen molar-refractivity contribution in [2.45, 2.75) is 63.6 Å². The molecule has 3 aliphatic heterocycles. The Bertz CT molecular complexity index is 1640. The second-order valence-corrected chi connectivity index (χ2v) is 12.4. The molecule has 0 radical (unpaired) electrons. The van der Waals surface area contributed by atoms with Crippen LogP contribution in [0.4, 0.5) is 19.0 Å². The van der Waals surface area contributed by atoms with E-state index in [4.69, 9.17) is 9.72 Å². The maximum Gasteiger partial charge on any atom is 0.156 e. The van der Waals surface area contributed by atoms with Gasteiger partial charge in [0.25, 0.3) is 0 Å². The van der Waals surface area contributed by atoms with Gasteiger partial charge in [-0.2, -0.15) is 0 Å². The molecule has 9 heteroatoms. The second-order valence-electron chi connectivity index (χ2n) is 12.4. The first-order valence-corrected chi connectivity index (χ1v) is 15.6. The van der Waals surface area contributed by atoms with Crippen LogP contribution in [-0.2, 0) is 17.6 Å². The van der Waals surface area contributed by atoms with Gasteiger partial charge in [0.1, 0.15) is 28.8 Å². The normalized spacial score (nSPS) is 22.6. The minimum atomic E-state index is -0.729. The van der Waals surface area contributed by atoms with Gasteiger partial charge in [-0.05, 0) is 62.1 Å². The van der Waals surface area contributed by atoms with Crippen LogP contribution >= 0.6 is 0 Å². The lowest BCUT2D eigenvalue weighted by atomic mass is 9.96. The monoisotopic (exact) mass is 589 g/mol. The van der Waals surface area contributed by atoms with Crippen molar-refractivity contribution >= 4 is 27.5 Å². The van der Waals surface area contributed by atoms with Gasteiger partial charge in [-0.1, -0.05) is 30.3 Å². The van der Waals surface area contributed by atoms with Crippen LogP contribution in [0.5, 0.6) is 0 Å². The Morgan fingerprint density at radius 1 is 0.930 bits per heavy atom. The summed E-state index contributed by atoms with van der Waals surface area (Å²) in [6, 6.07) is 12.8. The molecule has 1 N–H and O–H groups in total. The zero-order valence-electron chi connectivity index (χ0n) is 24.6. The smallest absolute Gasteiger partial charge is 0.156 e. The van der Waals surface area contributed by atoms with E-state index in [9.17, 15) is 0 Å². The number of hydrogen-bond acceptors (Lipinski definition) is 6. The number of halogens is 3. The van der Waals surface area contributed by atoms with Gasteiger partial charge in [0, 0.05) is 67.1 Å². The summed E-state index contributed by atoms with van der Waals surface area (Å²) in [6.07, 6.45) is 4.39. The average molecular weight is 590 g/mol. The lowest BCUT2D eigenvalue weighted by Crippen LogP contribution is -2.51. The Labute approximate surface area is 250 Å². The molecule has 0 spiro atoms. The van der Waals surface area contributed by atoms with Crippen LogP contribution in [0.15, 0.2) is 42.5 Å². The van der Waals surface area contributed by atoms with Gasteiger partial charge in [0.05, 0.1) is 13.2 Å². The lowest BCUT2D eigenvalue weighted by molar-refractivity contribution is -0.000854. The molecule has 0 aliphatic carbocycles. The number of nitrogens with one attached hydrogen (secondary N) is 1. The van der Waals surface area contributed by atoms with E-state index in [0.29, 0.717) is 47.0 Å². The highest BCUT2D eigenvalue weighted by Crippen LogP contribution is 2.34. The SMILES string of the molecule is CC1COCCN1CCCCc1nc(N2CC3CCC(C2)N3)c2cc(F)c(Cc3c(F)ccc4ccccc34)c(F)c2n1. The number of benzene rings is 3. The van der Waals surface area contributed by atoms with E-state index in [0.717, 1.165) is 70.5 Å². The molecule has 226 valence electrons. The summed E-state index contributed by atoms with van der Waals surface area (Å²) in [4.78, 5) is 14.2. The van der Waals surface area contributed by atoms with Crippen molar-refractivity contribution in [3.05, 3.63) is 76.9 Å². The summed E-state index contributed by atoms with van der Waals surface area (Å²) in [5.41, 5.74) is 0.227. The minimum absolute atomic E-state index is 0.115. The molecule has 4 heterocycles. The third-order valence-electron chi connectivity index (χ3n) is 9.46. The highest BCUT2D eigenvalue weighted by atomic mass is 19.1. The highest BCUT2D eigenvalue weighted by Gasteiger charge is 2.34. The second kappa shape index (κ2) is 12.0. The average Bonchev–Trinajstić information content (AvgIpc) is 3.36. The number of fused-ring (bicyclic) bond motifs is 4. The Balaban J connectivity index is 1.23. The molecule has 3 unspecified atom stereocenters. The molecular formula is C34H38F3N5O. The molecule has 3 atom stereocenters. The molecule has 3 aliphatic rings. The van der Waals surface area contributed by atoms with E-state index in [2.05, 4.69) is 27.0 Å². The van der Waals surface area contributed by atoms with E-state index in [1.165, 1.54) is 12.1 Å². The Morgan fingerprint density at radius 2 is 1.74 bits per heavy atom. The molecule has 2 bridgehead atoms. The van der Waals surface area contributed by atoms with E-state index < -0.39 is 17.5 Å². The maximum atomic E-state index is 16.4. The standard InChI is InChI=1S/C34H38F3N5O/c1-21-20-43-15-14-41(21)13-5-4-8-31-39-33-28(34(40-31)42-18-23-10-11-24(19-42)38-23)17-30(36)27(32(33)37)16-26-25-7-3-2-6-22(25)9-12-29(26)35/h2-3,6-7,9,12,17,21,23-24,38H,4-5,8,10-11,13-16,18-20H2,1H3. The summed E-state index contributed by atoms with van der Waals surface area (Å²) < 4.78 is 52.8. The number of aryl methyl sites for hydroxylation is 1. The van der Waals surface area contributed by atoms with Crippen LogP contribution in [0.3, 0.4) is 0 Å². The number of piperazine rings is 1. The summed E-state index contributed by atoms with van der Waals surface area (Å²) in [6.45, 7) is 7.07. The molecule has 0 amide bonds. The van der Waals surface area contributed by atoms with Crippen LogP contribution in [0.25, 0.3) is 21.7 Å². The predicted octanol–water partition coefficient (Wildman–Crippen LogP) is 5.78. The van der Waals surface area contributed by atoms with Gasteiger partial charge in [0.2, 0.25) is 0 Å². The lowest BCUT2D eigenvalue weighted by Gasteiger charge is -2.34. The van der Waals surface area contributed by atoms with E-state index in [1.807, 2.05) is 18.2 Å². The zero-order valence-corrected chi connectivity index (χ0v) is 24.6. The molecule has 1 aromatic heterocycles. The molecule has 4 aromatic rings. The molecule has 3 saturated heterocycles. The Morgan fingerprint density at radius 3 is 2.56 bits per heavy atom. The fraction of sp³-hybridized carbons (Fsp3) is 0.471. The number of anilines is 1. The molecule has 3 aromatic carbocycles. The van der Waals surface area contributed by atoms with Crippen molar-refractivity contribution in [2.75, 3.05) is 44.3 Å². The van der Waals surface area contributed by atoms with Crippen LogP contribution in [0.2, 0.25) is 0 Å². The number of morpholine rings is 1. The van der Waals surface area contributed by atoms with Gasteiger partial charge >= 0.3 is 0 Å². The Kier molecular flexibility index (Phi) is 7.97. The number of unbranched alkanes of at least 4 members (excludes halogenated alkanes) is 1. The van der Waals surface area contributed by atoms with Crippen molar-refractivity contribution in [1.29, 1.82) is 0 Å². The molecule has 0 saturated carbocycles. The van der Waals surface area contributed by atoms with Crippen molar-refractivity contribution in [3.63, 3.8) is 0 Å². The van der Waals surface area contributed by atoms with Gasteiger partial charge in [-0.3, -0.25) is 4.90 Å². The van der Waals surface area contributed by atoms with E-state index in [-0.39, 0.29) is 23.1 Å². The first kappa shape index (κ1) is 28.5. The number of nitrogens with zero attached hydrogens (tertiary/aromatic N) is 4. The molecule has 7 rings (SSSR count). The van der Waals surface area contributed by atoms with E-state index in [1.54, 1.807) is 12.1 Å². The van der Waals surface area contributed by atoms with Gasteiger partial charge in [-0.25, -0.2) is 23.1 Å². The summed E-state index contributed by atoms with van der Waals surface area (Å²) in [5.74, 6) is -0.746. The molecule has 43 heavy (non-hydrogen) atoms. The third kappa shape index (κ3) is 5.70. The number of aromatic nitrogens is 2. The Hall–Kier alpha value is -3.27. The number of ether oxygens (including phenoxy) is 1. The number of hydrogen-bond donors (Lipinski definition) is 1. The number of rotatable bonds is 8. The fourth-order valence-corrected chi connectivity index (χ4v) is 7.11. The van der Waals surface area contributed by atoms with Gasteiger partial charge in [0.15, 0.2) is 5.82 Å². The highest BCUT2D eigenvalue weighted by molar-refractivity contribution is 5.91. The fourth-order valence-electron chi connectivity index (χ4n) is 7.11. The third-order valence-corrected chi connectivity index (χ3v) is 9.46. The van der Waals surface area contributed by atoms with Crippen LogP contribution in [-0.4, -0.2) is 72.4 Å². The van der Waals surface area contributed by atoms with Gasteiger partial charge in [-0.15, -0.1) is 0 Å². The topological polar surface area (TPSA) is 53.5 Å². The van der Waals surface area contributed by atoms with Crippen LogP contribution in [0.1, 0.15) is 49.6 Å². The van der Waals surface area contributed by atoms with Crippen molar-refractivity contribution in [1.82, 2.24) is 20.2 Å². The summed E-state index contributed by atoms with van der Waals surface area (Å²) >= 11 is 0. The maximum absolute atomic E-state index is 16.4. The summed E-state index contributed by atoms with van der Waals surface area (Å²) in [5, 5.41) is 5.48. The molecule has 6 nitrogen and oxygen atoms in total. The largest absolute Gasteiger partial charge is 0.379 e. The quantitative estimate of drug-likeness (QED) is 0.263. The van der Waals surface area contributed by atoms with Crippen LogP contribution in [0, 0.1) is 17.5 Å². The predicted molar refractivity (Wildman–Crippen MR) is 163 cm³/mol. The van der Waals surface area contributed by atoms with Gasteiger partial charge < -0.3 is 15.0 Å². The van der Waals surface area contributed by atoms with Crippen LogP contribution < -0.4 is 10.2 Å². The molecular weight excluding hydrogens is 551 g/mol. The first-order valence-electron chi connectivity index (χ1n) is 15.6. The zero-order chi connectivity index (χ0) is 29.5. The van der Waals surface area contributed by atoms with Crippen molar-refractivity contribution < 1.29 is 17.9 Å². The first-order chi connectivity index (χ1) is 20.9. The molecule has 3 fully saturated rings. The van der Waals surface area contributed by atoms with E-state index >= 15 is 13.2 Å². The minimum Gasteiger partial charge on any atom is -0.379 e.